The van der Waals surface area contributed by atoms with E-state index in [-0.39, 0.29) is 18.6 Å². The van der Waals surface area contributed by atoms with Crippen molar-refractivity contribution in [2.75, 3.05) is 26.2 Å². The van der Waals surface area contributed by atoms with Crippen molar-refractivity contribution in [2.24, 2.45) is 11.7 Å². The summed E-state index contributed by atoms with van der Waals surface area (Å²) in [6.45, 7) is 2.89. The normalized spacial score (nSPS) is 16.2. The second-order valence-corrected chi connectivity index (χ2v) is 5.63. The number of benzene rings is 1. The molecule has 1 aliphatic rings. The standard InChI is InChI=1S/C16H23N3O3/c17-15(20)11-19-8-6-13(7-9-19)10-18-16(21)22-12-14-4-2-1-3-5-14/h1-5,13H,6-12H2,(H2,17,20)(H,18,21). The zero-order valence-corrected chi connectivity index (χ0v) is 12.7. The molecule has 120 valence electrons. The Morgan fingerprint density at radius 3 is 2.55 bits per heavy atom. The van der Waals surface area contributed by atoms with Crippen molar-refractivity contribution in [3.8, 4) is 0 Å². The van der Waals surface area contributed by atoms with Gasteiger partial charge in [0, 0.05) is 6.54 Å². The van der Waals surface area contributed by atoms with Crippen molar-refractivity contribution >= 4 is 12.0 Å². The van der Waals surface area contributed by atoms with Gasteiger partial charge in [0.15, 0.2) is 0 Å². The Kier molecular flexibility index (Phi) is 6.21. The van der Waals surface area contributed by atoms with Crippen molar-refractivity contribution in [3.63, 3.8) is 0 Å². The molecule has 0 bridgehead atoms. The average Bonchev–Trinajstić information content (AvgIpc) is 2.53. The van der Waals surface area contributed by atoms with Gasteiger partial charge in [-0.05, 0) is 37.4 Å². The Bertz CT molecular complexity index is 485. The number of carbonyl (C=O) groups excluding carboxylic acids is 2. The smallest absolute Gasteiger partial charge is 0.407 e. The van der Waals surface area contributed by atoms with Crippen LogP contribution >= 0.6 is 0 Å². The Morgan fingerprint density at radius 1 is 1.23 bits per heavy atom. The van der Waals surface area contributed by atoms with Crippen LogP contribution in [0.1, 0.15) is 18.4 Å². The SMILES string of the molecule is NC(=O)CN1CCC(CNC(=O)OCc2ccccc2)CC1. The number of primary amides is 1. The van der Waals surface area contributed by atoms with Crippen LogP contribution in [0.25, 0.3) is 0 Å². The molecule has 0 aromatic heterocycles. The molecule has 1 heterocycles. The van der Waals surface area contributed by atoms with E-state index in [2.05, 4.69) is 5.32 Å². The van der Waals surface area contributed by atoms with Gasteiger partial charge in [-0.3, -0.25) is 9.69 Å². The maximum absolute atomic E-state index is 11.7. The Morgan fingerprint density at radius 2 is 1.91 bits per heavy atom. The van der Waals surface area contributed by atoms with Crippen LogP contribution < -0.4 is 11.1 Å². The summed E-state index contributed by atoms with van der Waals surface area (Å²) in [6.07, 6.45) is 1.52. The second kappa shape index (κ2) is 8.38. The quantitative estimate of drug-likeness (QED) is 0.824. The second-order valence-electron chi connectivity index (χ2n) is 5.63. The molecule has 22 heavy (non-hydrogen) atoms. The molecule has 1 fully saturated rings. The first-order valence-corrected chi connectivity index (χ1v) is 7.58. The van der Waals surface area contributed by atoms with Crippen molar-refractivity contribution in [3.05, 3.63) is 35.9 Å². The molecule has 2 rings (SSSR count). The number of piperidine rings is 1. The molecule has 0 saturated carbocycles. The number of nitrogens with one attached hydrogen (secondary N) is 1. The maximum atomic E-state index is 11.7. The minimum atomic E-state index is -0.386. The minimum absolute atomic E-state index is 0.281. The number of hydrogen-bond donors (Lipinski definition) is 2. The third kappa shape index (κ3) is 5.73. The highest BCUT2D eigenvalue weighted by Crippen LogP contribution is 2.15. The summed E-state index contributed by atoms with van der Waals surface area (Å²) in [5.41, 5.74) is 6.15. The molecular weight excluding hydrogens is 282 g/mol. The molecule has 6 nitrogen and oxygen atoms in total. The van der Waals surface area contributed by atoms with Gasteiger partial charge >= 0.3 is 6.09 Å². The van der Waals surface area contributed by atoms with Crippen molar-refractivity contribution in [2.45, 2.75) is 19.4 Å². The van der Waals surface area contributed by atoms with E-state index in [1.807, 2.05) is 35.2 Å². The molecule has 6 heteroatoms. The van der Waals surface area contributed by atoms with Crippen molar-refractivity contribution in [1.29, 1.82) is 0 Å². The highest BCUT2D eigenvalue weighted by molar-refractivity contribution is 5.75. The first-order chi connectivity index (χ1) is 10.6. The van der Waals surface area contributed by atoms with Crippen LogP contribution in [0.15, 0.2) is 30.3 Å². The third-order valence-corrected chi connectivity index (χ3v) is 3.83. The predicted molar refractivity (Wildman–Crippen MR) is 83.0 cm³/mol. The largest absolute Gasteiger partial charge is 0.445 e. The average molecular weight is 305 g/mol. The molecule has 0 unspecified atom stereocenters. The van der Waals surface area contributed by atoms with Gasteiger partial charge in [-0.2, -0.15) is 0 Å². The maximum Gasteiger partial charge on any atom is 0.407 e. The van der Waals surface area contributed by atoms with Crippen LogP contribution in [0, 0.1) is 5.92 Å². The first kappa shape index (κ1) is 16.3. The third-order valence-electron chi connectivity index (χ3n) is 3.83. The van der Waals surface area contributed by atoms with E-state index in [9.17, 15) is 9.59 Å². The van der Waals surface area contributed by atoms with E-state index in [0.717, 1.165) is 31.5 Å². The molecule has 1 aromatic rings. The van der Waals surface area contributed by atoms with E-state index in [1.54, 1.807) is 0 Å². The van der Waals surface area contributed by atoms with Gasteiger partial charge in [-0.25, -0.2) is 4.79 Å². The van der Waals surface area contributed by atoms with E-state index in [0.29, 0.717) is 19.0 Å². The van der Waals surface area contributed by atoms with Crippen LogP contribution in [-0.4, -0.2) is 43.1 Å². The van der Waals surface area contributed by atoms with Gasteiger partial charge in [0.05, 0.1) is 6.54 Å². The molecule has 1 aliphatic heterocycles. The van der Waals surface area contributed by atoms with Gasteiger partial charge in [-0.1, -0.05) is 30.3 Å². The van der Waals surface area contributed by atoms with E-state index in [1.165, 1.54) is 0 Å². The van der Waals surface area contributed by atoms with Crippen LogP contribution in [0.3, 0.4) is 0 Å². The Hall–Kier alpha value is -2.08. The fourth-order valence-electron chi connectivity index (χ4n) is 2.57. The highest BCUT2D eigenvalue weighted by Gasteiger charge is 2.20. The van der Waals surface area contributed by atoms with Crippen LogP contribution in [0.2, 0.25) is 0 Å². The van der Waals surface area contributed by atoms with Crippen LogP contribution in [0.5, 0.6) is 0 Å². The number of likely N-dealkylation sites (tertiary alicyclic amines) is 1. The summed E-state index contributed by atoms with van der Waals surface area (Å²) in [6, 6.07) is 9.59. The van der Waals surface area contributed by atoms with Gasteiger partial charge in [0.1, 0.15) is 6.61 Å². The topological polar surface area (TPSA) is 84.7 Å². The fraction of sp³-hybridized carbons (Fsp3) is 0.500. The monoisotopic (exact) mass is 305 g/mol. The molecule has 1 aromatic carbocycles. The number of nitrogens with zero attached hydrogens (tertiary/aromatic N) is 1. The van der Waals surface area contributed by atoms with Gasteiger partial charge in [-0.15, -0.1) is 0 Å². The highest BCUT2D eigenvalue weighted by atomic mass is 16.5. The first-order valence-electron chi connectivity index (χ1n) is 7.58. The van der Waals surface area contributed by atoms with Crippen LogP contribution in [-0.2, 0) is 16.1 Å². The molecule has 3 N–H and O–H groups in total. The molecule has 0 atom stereocenters. The predicted octanol–water partition coefficient (Wildman–Crippen LogP) is 1.11. The molecular formula is C16H23N3O3. The fourth-order valence-corrected chi connectivity index (χ4v) is 2.57. The summed E-state index contributed by atoms with van der Waals surface area (Å²) >= 11 is 0. The molecule has 1 saturated heterocycles. The van der Waals surface area contributed by atoms with E-state index in [4.69, 9.17) is 10.5 Å². The van der Waals surface area contributed by atoms with E-state index < -0.39 is 0 Å². The number of carbonyl (C=O) groups is 2. The molecule has 0 radical (unpaired) electrons. The number of ether oxygens (including phenoxy) is 1. The summed E-state index contributed by atoms with van der Waals surface area (Å²) in [5, 5.41) is 2.81. The molecule has 2 amide bonds. The zero-order valence-electron chi connectivity index (χ0n) is 12.7. The van der Waals surface area contributed by atoms with Crippen molar-refractivity contribution in [1.82, 2.24) is 10.2 Å². The zero-order chi connectivity index (χ0) is 15.8. The lowest BCUT2D eigenvalue weighted by Gasteiger charge is -2.30. The number of rotatable bonds is 6. The summed E-state index contributed by atoms with van der Waals surface area (Å²) in [5.74, 6) is 0.134. The Balaban J connectivity index is 1.60. The molecule has 0 spiro atoms. The van der Waals surface area contributed by atoms with Gasteiger partial charge in [0.25, 0.3) is 0 Å². The Labute approximate surface area is 130 Å². The summed E-state index contributed by atoms with van der Waals surface area (Å²) in [7, 11) is 0. The van der Waals surface area contributed by atoms with Gasteiger partial charge < -0.3 is 15.8 Å². The number of hydrogen-bond acceptors (Lipinski definition) is 4. The summed E-state index contributed by atoms with van der Waals surface area (Å²) < 4.78 is 5.17. The lowest BCUT2D eigenvalue weighted by molar-refractivity contribution is -0.119. The van der Waals surface area contributed by atoms with E-state index >= 15 is 0 Å². The van der Waals surface area contributed by atoms with Gasteiger partial charge in [0.2, 0.25) is 5.91 Å². The number of alkyl carbamates (subject to hydrolysis) is 1. The lowest BCUT2D eigenvalue weighted by Crippen LogP contribution is -2.42. The number of amides is 2. The minimum Gasteiger partial charge on any atom is -0.445 e. The molecule has 0 aliphatic carbocycles. The number of nitrogens with two attached hydrogens (primary N) is 1. The van der Waals surface area contributed by atoms with Crippen LogP contribution in [0.4, 0.5) is 4.79 Å². The summed E-state index contributed by atoms with van der Waals surface area (Å²) in [4.78, 5) is 24.6. The lowest BCUT2D eigenvalue weighted by atomic mass is 9.97. The van der Waals surface area contributed by atoms with Crippen molar-refractivity contribution < 1.29 is 14.3 Å².